The van der Waals surface area contributed by atoms with Crippen LogP contribution in [0, 0.1) is 0 Å². The minimum atomic E-state index is 0.451. The molecule has 1 N–H and O–H groups in total. The first-order chi connectivity index (χ1) is 9.43. The average molecular weight is 253 g/mol. The molecule has 3 rings (SSSR count). The minimum Gasteiger partial charge on any atom is -0.489 e. The molecule has 2 aromatic rings. The van der Waals surface area contributed by atoms with Gasteiger partial charge < -0.3 is 10.1 Å². The van der Waals surface area contributed by atoms with E-state index in [1.807, 2.05) is 24.3 Å². The van der Waals surface area contributed by atoms with Gasteiger partial charge in [0.2, 0.25) is 0 Å². The maximum absolute atomic E-state index is 6.00. The Labute approximate surface area is 114 Å². The molecule has 0 spiro atoms. The zero-order chi connectivity index (χ0) is 12.9. The standard InChI is InChI=1S/C17H19NO/c1-2-7-14(8-3-1)13-19-17-11-5-4-9-15(17)16-10-6-12-18-16/h1-5,7-9,11,16,18H,6,10,12-13H2/t16-/m0/s1. The molecule has 1 fully saturated rings. The third-order valence-electron chi connectivity index (χ3n) is 3.59. The molecule has 1 aliphatic rings. The van der Waals surface area contributed by atoms with E-state index in [9.17, 15) is 0 Å². The van der Waals surface area contributed by atoms with Crippen LogP contribution in [0.25, 0.3) is 0 Å². The van der Waals surface area contributed by atoms with Crippen molar-refractivity contribution < 1.29 is 4.74 Å². The molecule has 1 saturated heterocycles. The van der Waals surface area contributed by atoms with Crippen molar-refractivity contribution in [3.63, 3.8) is 0 Å². The summed E-state index contributed by atoms with van der Waals surface area (Å²) < 4.78 is 6.00. The van der Waals surface area contributed by atoms with E-state index < -0.39 is 0 Å². The summed E-state index contributed by atoms with van der Waals surface area (Å²) in [4.78, 5) is 0. The second-order valence-electron chi connectivity index (χ2n) is 4.96. The molecule has 1 aliphatic heterocycles. The van der Waals surface area contributed by atoms with Crippen LogP contribution >= 0.6 is 0 Å². The zero-order valence-electron chi connectivity index (χ0n) is 11.0. The lowest BCUT2D eigenvalue weighted by molar-refractivity contribution is 0.300. The van der Waals surface area contributed by atoms with Crippen molar-refractivity contribution in [3.8, 4) is 5.75 Å². The van der Waals surface area contributed by atoms with E-state index in [2.05, 4.69) is 35.6 Å². The highest BCUT2D eigenvalue weighted by Crippen LogP contribution is 2.31. The number of benzene rings is 2. The molecular formula is C17H19NO. The molecule has 0 aromatic heterocycles. The highest BCUT2D eigenvalue weighted by Gasteiger charge is 2.19. The van der Waals surface area contributed by atoms with Gasteiger partial charge in [-0.15, -0.1) is 0 Å². The lowest BCUT2D eigenvalue weighted by atomic mass is 10.0. The van der Waals surface area contributed by atoms with Gasteiger partial charge in [0.25, 0.3) is 0 Å². The normalized spacial score (nSPS) is 18.4. The molecule has 2 nitrogen and oxygen atoms in total. The lowest BCUT2D eigenvalue weighted by Crippen LogP contribution is -2.14. The summed E-state index contributed by atoms with van der Waals surface area (Å²) >= 11 is 0. The Kier molecular flexibility index (Phi) is 3.80. The fourth-order valence-electron chi connectivity index (χ4n) is 2.59. The third-order valence-corrected chi connectivity index (χ3v) is 3.59. The van der Waals surface area contributed by atoms with E-state index in [4.69, 9.17) is 4.74 Å². The number of ether oxygens (including phenoxy) is 1. The Morgan fingerprint density at radius 3 is 2.58 bits per heavy atom. The first kappa shape index (κ1) is 12.2. The molecular weight excluding hydrogens is 234 g/mol. The lowest BCUT2D eigenvalue weighted by Gasteiger charge is -2.16. The van der Waals surface area contributed by atoms with Crippen molar-refractivity contribution in [3.05, 3.63) is 65.7 Å². The van der Waals surface area contributed by atoms with Gasteiger partial charge in [0, 0.05) is 11.6 Å². The molecule has 0 bridgehead atoms. The van der Waals surface area contributed by atoms with E-state index in [0.29, 0.717) is 12.6 Å². The molecule has 2 heteroatoms. The predicted octanol–water partition coefficient (Wildman–Crippen LogP) is 3.69. The highest BCUT2D eigenvalue weighted by molar-refractivity contribution is 5.36. The number of hydrogen-bond acceptors (Lipinski definition) is 2. The average Bonchev–Trinajstić information content (AvgIpc) is 3.01. The number of nitrogens with one attached hydrogen (secondary N) is 1. The molecule has 19 heavy (non-hydrogen) atoms. The number of para-hydroxylation sites is 1. The molecule has 0 radical (unpaired) electrons. The van der Waals surface area contributed by atoms with Gasteiger partial charge >= 0.3 is 0 Å². The first-order valence-electron chi connectivity index (χ1n) is 6.92. The molecule has 1 heterocycles. The van der Waals surface area contributed by atoms with Gasteiger partial charge in [-0.05, 0) is 31.0 Å². The van der Waals surface area contributed by atoms with Crippen molar-refractivity contribution in [1.29, 1.82) is 0 Å². The van der Waals surface area contributed by atoms with Gasteiger partial charge in [-0.1, -0.05) is 48.5 Å². The minimum absolute atomic E-state index is 0.451. The van der Waals surface area contributed by atoms with Crippen molar-refractivity contribution in [2.75, 3.05) is 6.54 Å². The second kappa shape index (κ2) is 5.89. The van der Waals surface area contributed by atoms with E-state index in [-0.39, 0.29) is 0 Å². The van der Waals surface area contributed by atoms with Gasteiger partial charge in [0.05, 0.1) is 0 Å². The van der Waals surface area contributed by atoms with Crippen LogP contribution in [0.1, 0.15) is 30.0 Å². The summed E-state index contributed by atoms with van der Waals surface area (Å²) in [5.41, 5.74) is 2.49. The van der Waals surface area contributed by atoms with Crippen LogP contribution in [-0.2, 0) is 6.61 Å². The first-order valence-corrected chi connectivity index (χ1v) is 6.92. The molecule has 0 amide bonds. The molecule has 2 aromatic carbocycles. The van der Waals surface area contributed by atoms with Crippen LogP contribution in [-0.4, -0.2) is 6.54 Å². The summed E-state index contributed by atoms with van der Waals surface area (Å²) in [6.45, 7) is 1.74. The summed E-state index contributed by atoms with van der Waals surface area (Å²) in [6, 6.07) is 19.1. The largest absolute Gasteiger partial charge is 0.489 e. The second-order valence-corrected chi connectivity index (χ2v) is 4.96. The molecule has 0 saturated carbocycles. The monoisotopic (exact) mass is 253 g/mol. The predicted molar refractivity (Wildman–Crippen MR) is 77.2 cm³/mol. The molecule has 0 unspecified atom stereocenters. The number of hydrogen-bond donors (Lipinski definition) is 1. The van der Waals surface area contributed by atoms with Crippen LogP contribution in [0.4, 0.5) is 0 Å². The van der Waals surface area contributed by atoms with Crippen molar-refractivity contribution in [1.82, 2.24) is 5.32 Å². The van der Waals surface area contributed by atoms with Gasteiger partial charge in [0.1, 0.15) is 12.4 Å². The Morgan fingerprint density at radius 1 is 1.00 bits per heavy atom. The van der Waals surface area contributed by atoms with Crippen molar-refractivity contribution >= 4 is 0 Å². The topological polar surface area (TPSA) is 21.3 Å². The van der Waals surface area contributed by atoms with Gasteiger partial charge in [-0.2, -0.15) is 0 Å². The summed E-state index contributed by atoms with van der Waals surface area (Å²) in [7, 11) is 0. The fraction of sp³-hybridized carbons (Fsp3) is 0.294. The third kappa shape index (κ3) is 2.96. The Hall–Kier alpha value is -1.80. The summed E-state index contributed by atoms with van der Waals surface area (Å²) in [6.07, 6.45) is 2.45. The van der Waals surface area contributed by atoms with Gasteiger partial charge in [-0.25, -0.2) is 0 Å². The van der Waals surface area contributed by atoms with E-state index >= 15 is 0 Å². The maximum Gasteiger partial charge on any atom is 0.124 e. The number of rotatable bonds is 4. The SMILES string of the molecule is c1ccc(COc2ccccc2[C@@H]2CCCN2)cc1. The van der Waals surface area contributed by atoms with E-state index in [1.165, 1.54) is 24.0 Å². The van der Waals surface area contributed by atoms with Crippen LogP contribution in [0.3, 0.4) is 0 Å². The van der Waals surface area contributed by atoms with Gasteiger partial charge in [0.15, 0.2) is 0 Å². The molecule has 0 aliphatic carbocycles. The Balaban J connectivity index is 1.73. The highest BCUT2D eigenvalue weighted by atomic mass is 16.5. The summed E-state index contributed by atoms with van der Waals surface area (Å²) in [5.74, 6) is 1.01. The quantitative estimate of drug-likeness (QED) is 0.897. The Morgan fingerprint density at radius 2 is 1.79 bits per heavy atom. The molecule has 1 atom stereocenters. The fourth-order valence-corrected chi connectivity index (χ4v) is 2.59. The van der Waals surface area contributed by atoms with Crippen molar-refractivity contribution in [2.24, 2.45) is 0 Å². The van der Waals surface area contributed by atoms with Crippen LogP contribution in [0.15, 0.2) is 54.6 Å². The van der Waals surface area contributed by atoms with E-state index in [1.54, 1.807) is 0 Å². The smallest absolute Gasteiger partial charge is 0.124 e. The van der Waals surface area contributed by atoms with Crippen molar-refractivity contribution in [2.45, 2.75) is 25.5 Å². The van der Waals surface area contributed by atoms with Crippen LogP contribution < -0.4 is 10.1 Å². The van der Waals surface area contributed by atoms with Gasteiger partial charge in [-0.3, -0.25) is 0 Å². The maximum atomic E-state index is 6.00. The zero-order valence-corrected chi connectivity index (χ0v) is 11.0. The Bertz CT molecular complexity index is 518. The van der Waals surface area contributed by atoms with Crippen LogP contribution in [0.5, 0.6) is 5.75 Å². The van der Waals surface area contributed by atoms with Crippen LogP contribution in [0.2, 0.25) is 0 Å². The van der Waals surface area contributed by atoms with E-state index in [0.717, 1.165) is 12.3 Å². The molecule has 98 valence electrons. The summed E-state index contributed by atoms with van der Waals surface area (Å²) in [5, 5.41) is 3.53.